The normalized spacial score (nSPS) is 19.6. The van der Waals surface area contributed by atoms with Gasteiger partial charge in [0.25, 0.3) is 5.91 Å². The molecule has 0 bridgehead atoms. The molecule has 1 amide bonds. The summed E-state index contributed by atoms with van der Waals surface area (Å²) in [6.07, 6.45) is 2.69. The van der Waals surface area contributed by atoms with Gasteiger partial charge < -0.3 is 4.90 Å². The molecular formula is C14H19BrN2O3S. The first kappa shape index (κ1) is 16.5. The third kappa shape index (κ3) is 4.52. The van der Waals surface area contributed by atoms with Crippen molar-refractivity contribution < 1.29 is 13.2 Å². The van der Waals surface area contributed by atoms with Crippen LogP contribution in [-0.4, -0.2) is 44.6 Å². The lowest BCUT2D eigenvalue weighted by molar-refractivity contribution is 0.0702. The van der Waals surface area contributed by atoms with Crippen LogP contribution in [0.3, 0.4) is 0 Å². The van der Waals surface area contributed by atoms with Gasteiger partial charge in [-0.05, 0) is 53.4 Å². The van der Waals surface area contributed by atoms with Crippen LogP contribution in [0, 0.1) is 6.92 Å². The summed E-state index contributed by atoms with van der Waals surface area (Å²) in [7, 11) is -3.25. The van der Waals surface area contributed by atoms with Crippen molar-refractivity contribution in [2.45, 2.75) is 25.8 Å². The first-order valence-corrected chi connectivity index (χ1v) is 9.47. The van der Waals surface area contributed by atoms with E-state index in [0.29, 0.717) is 18.7 Å². The summed E-state index contributed by atoms with van der Waals surface area (Å²) >= 11 is 3.42. The van der Waals surface area contributed by atoms with Crippen LogP contribution in [0.25, 0.3) is 0 Å². The van der Waals surface area contributed by atoms with E-state index in [2.05, 4.69) is 20.7 Å². The standard InChI is InChI=1S/C14H19BrN2O3S/c1-10-5-6-12(13(15)8-10)14(18)17-7-3-4-11(9-17)16-21(2,19)20/h5-6,8,11,16H,3-4,7,9H2,1-2H3. The molecule has 1 atom stereocenters. The SMILES string of the molecule is Cc1ccc(C(=O)N2CCCC(NS(C)(=O)=O)C2)c(Br)c1. The maximum absolute atomic E-state index is 12.6. The molecule has 116 valence electrons. The Hall–Kier alpha value is -0.920. The average molecular weight is 375 g/mol. The molecule has 0 aromatic heterocycles. The lowest BCUT2D eigenvalue weighted by atomic mass is 10.0. The van der Waals surface area contributed by atoms with Crippen molar-refractivity contribution in [1.29, 1.82) is 0 Å². The Balaban J connectivity index is 2.12. The smallest absolute Gasteiger partial charge is 0.255 e. The molecule has 21 heavy (non-hydrogen) atoms. The van der Waals surface area contributed by atoms with Crippen LogP contribution in [-0.2, 0) is 10.0 Å². The van der Waals surface area contributed by atoms with Gasteiger partial charge in [0.1, 0.15) is 0 Å². The van der Waals surface area contributed by atoms with Crippen LogP contribution >= 0.6 is 15.9 Å². The fraction of sp³-hybridized carbons (Fsp3) is 0.500. The largest absolute Gasteiger partial charge is 0.337 e. The minimum absolute atomic E-state index is 0.0677. The van der Waals surface area contributed by atoms with E-state index in [1.54, 1.807) is 11.0 Å². The van der Waals surface area contributed by atoms with Gasteiger partial charge in [0.15, 0.2) is 0 Å². The summed E-state index contributed by atoms with van der Waals surface area (Å²) in [5.74, 6) is -0.0677. The van der Waals surface area contributed by atoms with Crippen LogP contribution in [0.1, 0.15) is 28.8 Å². The number of rotatable bonds is 3. The number of likely N-dealkylation sites (tertiary alicyclic amines) is 1. The van der Waals surface area contributed by atoms with E-state index in [1.165, 1.54) is 0 Å². The van der Waals surface area contributed by atoms with E-state index in [-0.39, 0.29) is 11.9 Å². The Bertz CT molecular complexity index is 646. The van der Waals surface area contributed by atoms with Crippen molar-refractivity contribution in [1.82, 2.24) is 9.62 Å². The minimum atomic E-state index is -3.25. The van der Waals surface area contributed by atoms with Crippen molar-refractivity contribution in [3.63, 3.8) is 0 Å². The van der Waals surface area contributed by atoms with Crippen molar-refractivity contribution in [2.24, 2.45) is 0 Å². The summed E-state index contributed by atoms with van der Waals surface area (Å²) in [4.78, 5) is 14.3. The monoisotopic (exact) mass is 374 g/mol. The molecule has 2 rings (SSSR count). The van der Waals surface area contributed by atoms with Crippen LogP contribution in [0.5, 0.6) is 0 Å². The van der Waals surface area contributed by atoms with E-state index in [0.717, 1.165) is 29.1 Å². The molecule has 0 radical (unpaired) electrons. The molecule has 7 heteroatoms. The summed E-state index contributed by atoms with van der Waals surface area (Å²) in [6.45, 7) is 3.03. The van der Waals surface area contributed by atoms with Crippen molar-refractivity contribution in [3.05, 3.63) is 33.8 Å². The fourth-order valence-electron chi connectivity index (χ4n) is 2.52. The zero-order valence-electron chi connectivity index (χ0n) is 12.1. The number of amides is 1. The number of hydrogen-bond acceptors (Lipinski definition) is 3. The number of sulfonamides is 1. The predicted molar refractivity (Wildman–Crippen MR) is 85.8 cm³/mol. The molecule has 0 saturated carbocycles. The second-order valence-corrected chi connectivity index (χ2v) is 8.10. The Morgan fingerprint density at radius 3 is 2.76 bits per heavy atom. The van der Waals surface area contributed by atoms with Gasteiger partial charge in [-0.3, -0.25) is 4.79 Å². The number of nitrogens with zero attached hydrogens (tertiary/aromatic N) is 1. The van der Waals surface area contributed by atoms with Gasteiger partial charge in [-0.1, -0.05) is 6.07 Å². The highest BCUT2D eigenvalue weighted by Gasteiger charge is 2.27. The average Bonchev–Trinajstić information content (AvgIpc) is 2.36. The Morgan fingerprint density at radius 1 is 1.43 bits per heavy atom. The zero-order chi connectivity index (χ0) is 15.6. The second-order valence-electron chi connectivity index (χ2n) is 5.46. The number of piperidine rings is 1. The number of carbonyl (C=O) groups is 1. The number of benzene rings is 1. The van der Waals surface area contributed by atoms with E-state index >= 15 is 0 Å². The number of nitrogens with one attached hydrogen (secondary N) is 1. The number of hydrogen-bond donors (Lipinski definition) is 1. The van der Waals surface area contributed by atoms with E-state index in [1.807, 2.05) is 19.1 Å². The van der Waals surface area contributed by atoms with Crippen molar-refractivity contribution >= 4 is 31.9 Å². The number of halogens is 1. The van der Waals surface area contributed by atoms with Gasteiger partial charge >= 0.3 is 0 Å². The molecule has 0 spiro atoms. The summed E-state index contributed by atoms with van der Waals surface area (Å²) < 4.78 is 26.0. The second kappa shape index (κ2) is 6.46. The lowest BCUT2D eigenvalue weighted by Crippen LogP contribution is -2.49. The van der Waals surface area contributed by atoms with Crippen LogP contribution < -0.4 is 4.72 Å². The molecule has 1 heterocycles. The maximum atomic E-state index is 12.6. The highest BCUT2D eigenvalue weighted by molar-refractivity contribution is 9.10. The minimum Gasteiger partial charge on any atom is -0.337 e. The molecule has 1 saturated heterocycles. The number of aryl methyl sites for hydroxylation is 1. The van der Waals surface area contributed by atoms with Crippen molar-refractivity contribution in [2.75, 3.05) is 19.3 Å². The molecule has 1 aliphatic rings. The summed E-state index contributed by atoms with van der Waals surface area (Å²) in [5, 5.41) is 0. The topological polar surface area (TPSA) is 66.5 Å². The zero-order valence-corrected chi connectivity index (χ0v) is 14.5. The molecule has 1 aromatic rings. The Morgan fingerprint density at radius 2 is 2.14 bits per heavy atom. The van der Waals surface area contributed by atoms with E-state index in [9.17, 15) is 13.2 Å². The van der Waals surface area contributed by atoms with Gasteiger partial charge in [-0.2, -0.15) is 0 Å². The predicted octanol–water partition coefficient (Wildman–Crippen LogP) is 1.91. The molecular weight excluding hydrogens is 356 g/mol. The first-order valence-electron chi connectivity index (χ1n) is 6.79. The van der Waals surface area contributed by atoms with Gasteiger partial charge in [-0.15, -0.1) is 0 Å². The van der Waals surface area contributed by atoms with Gasteiger partial charge in [0.2, 0.25) is 10.0 Å². The number of carbonyl (C=O) groups excluding carboxylic acids is 1. The lowest BCUT2D eigenvalue weighted by Gasteiger charge is -2.33. The molecule has 1 aromatic carbocycles. The summed E-state index contributed by atoms with van der Waals surface area (Å²) in [5.41, 5.74) is 1.69. The van der Waals surface area contributed by atoms with Gasteiger partial charge in [0, 0.05) is 23.6 Å². The van der Waals surface area contributed by atoms with Crippen LogP contribution in [0.4, 0.5) is 0 Å². The molecule has 1 fully saturated rings. The highest BCUT2D eigenvalue weighted by atomic mass is 79.9. The molecule has 1 unspecified atom stereocenters. The Kier molecular flexibility index (Phi) is 5.06. The maximum Gasteiger partial charge on any atom is 0.255 e. The Labute approximate surface area is 133 Å². The van der Waals surface area contributed by atoms with Crippen LogP contribution in [0.15, 0.2) is 22.7 Å². The van der Waals surface area contributed by atoms with Crippen molar-refractivity contribution in [3.8, 4) is 0 Å². The highest BCUT2D eigenvalue weighted by Crippen LogP contribution is 2.22. The fourth-order valence-corrected chi connectivity index (χ4v) is 3.99. The van der Waals surface area contributed by atoms with E-state index in [4.69, 9.17) is 0 Å². The quantitative estimate of drug-likeness (QED) is 0.878. The van der Waals surface area contributed by atoms with E-state index < -0.39 is 10.0 Å². The van der Waals surface area contributed by atoms with Gasteiger partial charge in [-0.25, -0.2) is 13.1 Å². The molecule has 1 N–H and O–H groups in total. The third-order valence-corrected chi connectivity index (χ3v) is 4.86. The molecule has 5 nitrogen and oxygen atoms in total. The molecule has 1 aliphatic heterocycles. The van der Waals surface area contributed by atoms with Crippen LogP contribution in [0.2, 0.25) is 0 Å². The third-order valence-electron chi connectivity index (χ3n) is 3.44. The molecule has 0 aliphatic carbocycles. The first-order chi connectivity index (χ1) is 9.76. The van der Waals surface area contributed by atoms with Gasteiger partial charge in [0.05, 0.1) is 11.8 Å². The summed E-state index contributed by atoms with van der Waals surface area (Å²) in [6, 6.07) is 5.40.